The summed E-state index contributed by atoms with van der Waals surface area (Å²) >= 11 is 1.20. The van der Waals surface area contributed by atoms with E-state index in [1.165, 1.54) is 17.1 Å². The van der Waals surface area contributed by atoms with Crippen molar-refractivity contribution in [2.45, 2.75) is 20.3 Å². The Morgan fingerprint density at radius 1 is 1.03 bits per heavy atom. The molecule has 1 saturated heterocycles. The average Bonchev–Trinajstić information content (AvgIpc) is 3.21. The third-order valence-corrected chi connectivity index (χ3v) is 5.86. The van der Waals surface area contributed by atoms with Gasteiger partial charge in [0.2, 0.25) is 5.91 Å². The second kappa shape index (κ2) is 9.26. The van der Waals surface area contributed by atoms with E-state index in [2.05, 4.69) is 40.5 Å². The molecule has 0 aliphatic carbocycles. The van der Waals surface area contributed by atoms with Gasteiger partial charge in [0.1, 0.15) is 5.75 Å². The summed E-state index contributed by atoms with van der Waals surface area (Å²) in [5, 5.41) is 0.446. The van der Waals surface area contributed by atoms with Crippen molar-refractivity contribution in [1.29, 1.82) is 0 Å². The minimum absolute atomic E-state index is 0.0429. The van der Waals surface area contributed by atoms with Gasteiger partial charge in [-0.3, -0.25) is 9.59 Å². The van der Waals surface area contributed by atoms with Crippen LogP contribution in [0.5, 0.6) is 10.9 Å². The summed E-state index contributed by atoms with van der Waals surface area (Å²) in [6.07, 6.45) is 0.644. The van der Waals surface area contributed by atoms with E-state index in [1.807, 2.05) is 0 Å². The Balaban J connectivity index is 1.39. The van der Waals surface area contributed by atoms with Gasteiger partial charge in [0.15, 0.2) is 5.82 Å². The molecular weight excluding hydrogens is 412 g/mol. The number of piperazine rings is 1. The van der Waals surface area contributed by atoms with Crippen LogP contribution in [0.4, 0.5) is 0 Å². The fourth-order valence-corrected chi connectivity index (χ4v) is 4.01. The Morgan fingerprint density at radius 3 is 2.45 bits per heavy atom. The van der Waals surface area contributed by atoms with Crippen LogP contribution in [0.2, 0.25) is 0 Å². The Bertz CT molecular complexity index is 1070. The van der Waals surface area contributed by atoms with Crippen LogP contribution in [0.3, 0.4) is 0 Å². The summed E-state index contributed by atoms with van der Waals surface area (Å²) in [5.74, 6) is 1.23. The SMILES string of the molecule is CC(=O)N1CCN(C(=O)c2cccc(Oc3nc(Cc4ccc(C)cc4)ns3)c2)CC1. The van der Waals surface area contributed by atoms with Crippen molar-refractivity contribution in [2.24, 2.45) is 0 Å². The van der Waals surface area contributed by atoms with E-state index < -0.39 is 0 Å². The number of ether oxygens (including phenoxy) is 1. The Morgan fingerprint density at radius 2 is 1.74 bits per heavy atom. The molecule has 1 fully saturated rings. The van der Waals surface area contributed by atoms with Crippen LogP contribution in [-0.4, -0.2) is 57.2 Å². The Labute approximate surface area is 185 Å². The average molecular weight is 437 g/mol. The second-order valence-electron chi connectivity index (χ2n) is 7.57. The highest BCUT2D eigenvalue weighted by Crippen LogP contribution is 2.25. The van der Waals surface area contributed by atoms with Crippen LogP contribution in [-0.2, 0) is 11.2 Å². The molecule has 2 amide bonds. The van der Waals surface area contributed by atoms with Crippen LogP contribution in [0, 0.1) is 6.92 Å². The van der Waals surface area contributed by atoms with Crippen LogP contribution >= 0.6 is 11.5 Å². The molecule has 160 valence electrons. The third-order valence-electron chi connectivity index (χ3n) is 5.23. The highest BCUT2D eigenvalue weighted by Gasteiger charge is 2.23. The predicted octanol–water partition coefficient (Wildman–Crippen LogP) is 3.53. The first kappa shape index (κ1) is 21.0. The van der Waals surface area contributed by atoms with Crippen molar-refractivity contribution < 1.29 is 14.3 Å². The summed E-state index contributed by atoms with van der Waals surface area (Å²) in [6, 6.07) is 15.4. The smallest absolute Gasteiger partial charge is 0.298 e. The van der Waals surface area contributed by atoms with Crippen molar-refractivity contribution >= 4 is 23.3 Å². The summed E-state index contributed by atoms with van der Waals surface area (Å²) < 4.78 is 10.2. The fourth-order valence-electron chi connectivity index (χ4n) is 3.44. The predicted molar refractivity (Wildman–Crippen MR) is 119 cm³/mol. The van der Waals surface area contributed by atoms with Crippen LogP contribution in [0.25, 0.3) is 0 Å². The number of aromatic nitrogens is 2. The van der Waals surface area contributed by atoms with Gasteiger partial charge in [-0.1, -0.05) is 35.9 Å². The van der Waals surface area contributed by atoms with Gasteiger partial charge in [0.05, 0.1) is 0 Å². The van der Waals surface area contributed by atoms with Gasteiger partial charge < -0.3 is 14.5 Å². The van der Waals surface area contributed by atoms with Crippen molar-refractivity contribution in [1.82, 2.24) is 19.2 Å². The molecule has 0 bridgehead atoms. The second-order valence-corrected chi connectivity index (χ2v) is 8.28. The number of carbonyl (C=O) groups excluding carboxylic acids is 2. The molecule has 0 spiro atoms. The van der Waals surface area contributed by atoms with Gasteiger partial charge >= 0.3 is 0 Å². The molecule has 8 heteroatoms. The first-order valence-corrected chi connectivity index (χ1v) is 11.0. The summed E-state index contributed by atoms with van der Waals surface area (Å²) in [5.41, 5.74) is 2.92. The monoisotopic (exact) mass is 436 g/mol. The first-order chi connectivity index (χ1) is 15.0. The number of carbonyl (C=O) groups is 2. The summed E-state index contributed by atoms with van der Waals surface area (Å²) in [7, 11) is 0. The molecule has 31 heavy (non-hydrogen) atoms. The van der Waals surface area contributed by atoms with Crippen LogP contribution in [0.1, 0.15) is 34.2 Å². The highest BCUT2D eigenvalue weighted by molar-refractivity contribution is 7.07. The van der Waals surface area contributed by atoms with E-state index in [1.54, 1.807) is 41.0 Å². The molecule has 0 radical (unpaired) electrons. The number of nitrogens with zero attached hydrogens (tertiary/aromatic N) is 4. The van der Waals surface area contributed by atoms with E-state index in [0.717, 1.165) is 5.56 Å². The number of hydrogen-bond acceptors (Lipinski definition) is 6. The molecule has 1 aliphatic rings. The number of hydrogen-bond donors (Lipinski definition) is 0. The molecule has 4 rings (SSSR count). The minimum atomic E-state index is -0.0639. The normalized spacial score (nSPS) is 13.9. The Hall–Kier alpha value is -3.26. The van der Waals surface area contributed by atoms with Gasteiger partial charge in [-0.2, -0.15) is 9.36 Å². The molecule has 7 nitrogen and oxygen atoms in total. The third kappa shape index (κ3) is 5.27. The summed E-state index contributed by atoms with van der Waals surface area (Å²) in [4.78, 5) is 32.3. The van der Waals surface area contributed by atoms with Gasteiger partial charge in [0, 0.05) is 56.6 Å². The van der Waals surface area contributed by atoms with Gasteiger partial charge in [-0.05, 0) is 30.7 Å². The van der Waals surface area contributed by atoms with Crippen molar-refractivity contribution in [3.63, 3.8) is 0 Å². The first-order valence-electron chi connectivity index (χ1n) is 10.2. The molecule has 0 atom stereocenters. The standard InChI is InChI=1S/C23H24N4O3S/c1-16-6-8-18(9-7-16)14-21-24-23(31-25-21)30-20-5-3-4-19(15-20)22(29)27-12-10-26(11-13-27)17(2)28/h3-9,15H,10-14H2,1-2H3. The topological polar surface area (TPSA) is 75.6 Å². The van der Waals surface area contributed by atoms with E-state index in [-0.39, 0.29) is 11.8 Å². The maximum atomic E-state index is 12.9. The van der Waals surface area contributed by atoms with Gasteiger partial charge in [-0.25, -0.2) is 0 Å². The lowest BCUT2D eigenvalue weighted by Crippen LogP contribution is -2.50. The quantitative estimate of drug-likeness (QED) is 0.612. The molecule has 0 saturated carbocycles. The number of rotatable bonds is 5. The van der Waals surface area contributed by atoms with Crippen LogP contribution in [0.15, 0.2) is 48.5 Å². The number of benzene rings is 2. The van der Waals surface area contributed by atoms with Crippen molar-refractivity contribution in [3.05, 3.63) is 71.0 Å². The zero-order chi connectivity index (χ0) is 21.8. The zero-order valence-corrected chi connectivity index (χ0v) is 18.4. The van der Waals surface area contributed by atoms with E-state index in [9.17, 15) is 9.59 Å². The van der Waals surface area contributed by atoms with Crippen molar-refractivity contribution in [2.75, 3.05) is 26.2 Å². The minimum Gasteiger partial charge on any atom is -0.430 e. The van der Waals surface area contributed by atoms with Gasteiger partial charge in [0.25, 0.3) is 11.1 Å². The van der Waals surface area contributed by atoms with E-state index >= 15 is 0 Å². The maximum absolute atomic E-state index is 12.9. The number of aryl methyl sites for hydroxylation is 1. The molecule has 2 aromatic carbocycles. The van der Waals surface area contributed by atoms with Crippen molar-refractivity contribution in [3.8, 4) is 10.9 Å². The lowest BCUT2D eigenvalue weighted by molar-refractivity contribution is -0.130. The molecular formula is C23H24N4O3S. The van der Waals surface area contributed by atoms with Crippen LogP contribution < -0.4 is 4.74 Å². The summed E-state index contributed by atoms with van der Waals surface area (Å²) in [6.45, 7) is 5.79. The van der Waals surface area contributed by atoms with E-state index in [0.29, 0.717) is 54.9 Å². The molecule has 0 unspecified atom stereocenters. The largest absolute Gasteiger partial charge is 0.430 e. The molecule has 1 aliphatic heterocycles. The number of amides is 2. The lowest BCUT2D eigenvalue weighted by atomic mass is 10.1. The van der Waals surface area contributed by atoms with Gasteiger partial charge in [-0.15, -0.1) is 0 Å². The van der Waals surface area contributed by atoms with E-state index in [4.69, 9.17) is 4.74 Å². The zero-order valence-electron chi connectivity index (χ0n) is 17.6. The maximum Gasteiger partial charge on any atom is 0.298 e. The molecule has 1 aromatic heterocycles. The molecule has 2 heterocycles. The highest BCUT2D eigenvalue weighted by atomic mass is 32.1. The Kier molecular flexibility index (Phi) is 6.27. The lowest BCUT2D eigenvalue weighted by Gasteiger charge is -2.34. The molecule has 3 aromatic rings. The fraction of sp³-hybridized carbons (Fsp3) is 0.304. The molecule has 0 N–H and O–H groups in total.